The van der Waals surface area contributed by atoms with Gasteiger partial charge in [-0.25, -0.2) is 8.42 Å². The van der Waals surface area contributed by atoms with Crippen molar-refractivity contribution in [3.05, 3.63) is 48.8 Å². The number of aromatic nitrogens is 3. The first-order chi connectivity index (χ1) is 10.9. The summed E-state index contributed by atoms with van der Waals surface area (Å²) in [5, 5.41) is 8.31. The van der Waals surface area contributed by atoms with Gasteiger partial charge in [-0.3, -0.25) is 4.79 Å². The van der Waals surface area contributed by atoms with Crippen LogP contribution in [0.5, 0.6) is 0 Å². The van der Waals surface area contributed by atoms with Crippen LogP contribution in [-0.2, 0) is 26.9 Å². The number of benzene rings is 1. The number of rotatable bonds is 8. The fourth-order valence-corrected chi connectivity index (χ4v) is 3.86. The number of amides is 1. The van der Waals surface area contributed by atoms with E-state index in [2.05, 4.69) is 16.8 Å². The van der Waals surface area contributed by atoms with E-state index in [0.717, 1.165) is 11.8 Å². The molecule has 0 atom stereocenters. The fraction of sp³-hybridized carbons (Fsp3) is 0.214. The molecule has 0 spiro atoms. The normalized spacial score (nSPS) is 11.3. The molecule has 0 saturated heterocycles. The summed E-state index contributed by atoms with van der Waals surface area (Å²) >= 11 is 1.11. The van der Waals surface area contributed by atoms with E-state index in [1.807, 2.05) is 0 Å². The van der Waals surface area contributed by atoms with Crippen molar-refractivity contribution in [3.63, 3.8) is 0 Å². The van der Waals surface area contributed by atoms with Gasteiger partial charge in [0.1, 0.15) is 11.6 Å². The number of primary amides is 1. The first-order valence-electron chi connectivity index (χ1n) is 6.66. The lowest BCUT2D eigenvalue weighted by Gasteiger charge is -2.08. The number of thioether (sulfide) groups is 1. The third kappa shape index (κ3) is 4.42. The lowest BCUT2D eigenvalue weighted by Crippen LogP contribution is -2.14. The van der Waals surface area contributed by atoms with Crippen LogP contribution in [0.1, 0.15) is 5.82 Å². The second-order valence-corrected chi connectivity index (χ2v) is 7.56. The molecule has 122 valence electrons. The Kier molecular flexibility index (Phi) is 5.56. The summed E-state index contributed by atoms with van der Waals surface area (Å²) < 4.78 is 26.5. The van der Waals surface area contributed by atoms with Gasteiger partial charge in [0.05, 0.1) is 10.6 Å². The molecule has 1 heterocycles. The van der Waals surface area contributed by atoms with E-state index in [4.69, 9.17) is 5.73 Å². The van der Waals surface area contributed by atoms with Gasteiger partial charge in [-0.05, 0) is 12.1 Å². The predicted octanol–water partition coefficient (Wildman–Crippen LogP) is 1.02. The minimum atomic E-state index is -3.53. The van der Waals surface area contributed by atoms with Crippen molar-refractivity contribution in [2.75, 3.05) is 5.75 Å². The Balaban J connectivity index is 2.29. The molecule has 23 heavy (non-hydrogen) atoms. The van der Waals surface area contributed by atoms with Crippen LogP contribution in [0.25, 0.3) is 0 Å². The third-order valence-electron chi connectivity index (χ3n) is 2.87. The van der Waals surface area contributed by atoms with E-state index in [0.29, 0.717) is 17.5 Å². The van der Waals surface area contributed by atoms with Crippen molar-refractivity contribution >= 4 is 27.5 Å². The Labute approximate surface area is 138 Å². The van der Waals surface area contributed by atoms with E-state index in [9.17, 15) is 13.2 Å². The molecule has 7 nitrogen and oxygen atoms in total. The number of hydrogen-bond acceptors (Lipinski definition) is 6. The molecule has 0 bridgehead atoms. The highest BCUT2D eigenvalue weighted by Crippen LogP contribution is 2.20. The number of sulfone groups is 1. The zero-order valence-electron chi connectivity index (χ0n) is 12.3. The highest BCUT2D eigenvalue weighted by Gasteiger charge is 2.21. The van der Waals surface area contributed by atoms with Crippen molar-refractivity contribution in [2.24, 2.45) is 5.73 Å². The first-order valence-corrected chi connectivity index (χ1v) is 9.29. The molecular formula is C14H16N4O3S2. The smallest absolute Gasteiger partial charge is 0.227 e. The molecule has 2 aromatic rings. The van der Waals surface area contributed by atoms with Gasteiger partial charge in [0.25, 0.3) is 0 Å². The van der Waals surface area contributed by atoms with Crippen LogP contribution in [0, 0.1) is 0 Å². The molecule has 1 aromatic heterocycles. The minimum Gasteiger partial charge on any atom is -0.369 e. The first kappa shape index (κ1) is 17.2. The number of nitrogens with zero attached hydrogens (tertiary/aromatic N) is 3. The van der Waals surface area contributed by atoms with Gasteiger partial charge in [0, 0.05) is 6.54 Å². The van der Waals surface area contributed by atoms with E-state index < -0.39 is 15.7 Å². The molecule has 0 aliphatic carbocycles. The fourth-order valence-electron chi connectivity index (χ4n) is 1.86. The summed E-state index contributed by atoms with van der Waals surface area (Å²) in [6.07, 6.45) is 1.61. The maximum absolute atomic E-state index is 12.4. The van der Waals surface area contributed by atoms with Crippen LogP contribution >= 0.6 is 11.8 Å². The Morgan fingerprint density at radius 2 is 2.00 bits per heavy atom. The Hall–Kier alpha value is -2.13. The molecule has 9 heteroatoms. The molecule has 0 saturated carbocycles. The van der Waals surface area contributed by atoms with Crippen molar-refractivity contribution < 1.29 is 13.2 Å². The lowest BCUT2D eigenvalue weighted by molar-refractivity contribution is -0.115. The van der Waals surface area contributed by atoms with Crippen molar-refractivity contribution in [1.82, 2.24) is 14.8 Å². The molecule has 2 N–H and O–H groups in total. The molecule has 1 aromatic carbocycles. The zero-order valence-corrected chi connectivity index (χ0v) is 13.9. The second-order valence-electron chi connectivity index (χ2n) is 4.63. The average Bonchev–Trinajstić information content (AvgIpc) is 2.88. The molecule has 1 amide bonds. The largest absolute Gasteiger partial charge is 0.369 e. The van der Waals surface area contributed by atoms with Crippen LogP contribution in [0.15, 0.2) is 53.0 Å². The highest BCUT2D eigenvalue weighted by molar-refractivity contribution is 7.99. The van der Waals surface area contributed by atoms with Crippen molar-refractivity contribution in [2.45, 2.75) is 22.3 Å². The van der Waals surface area contributed by atoms with E-state index in [-0.39, 0.29) is 16.4 Å². The van der Waals surface area contributed by atoms with Crippen LogP contribution in [-0.4, -0.2) is 34.8 Å². The van der Waals surface area contributed by atoms with Crippen LogP contribution < -0.4 is 5.73 Å². The number of nitrogens with two attached hydrogens (primary N) is 1. The number of hydrogen-bond donors (Lipinski definition) is 1. The van der Waals surface area contributed by atoms with Gasteiger partial charge >= 0.3 is 0 Å². The van der Waals surface area contributed by atoms with Gasteiger partial charge in [-0.15, -0.1) is 16.8 Å². The summed E-state index contributed by atoms with van der Waals surface area (Å²) in [6.45, 7) is 3.98. The van der Waals surface area contributed by atoms with Gasteiger partial charge in [0.2, 0.25) is 5.91 Å². The van der Waals surface area contributed by atoms with Crippen LogP contribution in [0.2, 0.25) is 0 Å². The molecule has 0 aliphatic heterocycles. The number of allylic oxidation sites excluding steroid dienone is 1. The SMILES string of the molecule is C=CCn1c(CS(=O)(=O)c2ccccc2)nnc1SCC(N)=O. The molecule has 2 rings (SSSR count). The monoisotopic (exact) mass is 352 g/mol. The standard InChI is InChI=1S/C14H16N4O3S2/c1-2-8-18-13(16-17-14(18)22-9-12(15)19)10-23(20,21)11-6-4-3-5-7-11/h2-7H,1,8-10H2,(H2,15,19). The molecule has 0 aliphatic rings. The molecular weight excluding hydrogens is 336 g/mol. The summed E-state index contributed by atoms with van der Waals surface area (Å²) in [6, 6.07) is 8.14. The summed E-state index contributed by atoms with van der Waals surface area (Å²) in [5.41, 5.74) is 5.12. The summed E-state index contributed by atoms with van der Waals surface area (Å²) in [4.78, 5) is 11.1. The number of carbonyl (C=O) groups is 1. The average molecular weight is 352 g/mol. The number of carbonyl (C=O) groups excluding carboxylic acids is 1. The van der Waals surface area contributed by atoms with Gasteiger partial charge < -0.3 is 10.3 Å². The van der Waals surface area contributed by atoms with E-state index >= 15 is 0 Å². The second kappa shape index (κ2) is 7.42. The van der Waals surface area contributed by atoms with Gasteiger partial charge in [-0.1, -0.05) is 36.0 Å². The molecule has 0 unspecified atom stereocenters. The Bertz CT molecular complexity index is 801. The van der Waals surface area contributed by atoms with Gasteiger partial charge in [0.15, 0.2) is 15.0 Å². The molecule has 0 fully saturated rings. The van der Waals surface area contributed by atoms with Crippen molar-refractivity contribution in [3.8, 4) is 0 Å². The maximum atomic E-state index is 12.4. The summed E-state index contributed by atoms with van der Waals surface area (Å²) in [7, 11) is -3.53. The van der Waals surface area contributed by atoms with E-state index in [1.54, 1.807) is 28.8 Å². The lowest BCUT2D eigenvalue weighted by atomic mass is 10.4. The Morgan fingerprint density at radius 3 is 2.61 bits per heavy atom. The quantitative estimate of drug-likeness (QED) is 0.561. The van der Waals surface area contributed by atoms with E-state index in [1.165, 1.54) is 12.1 Å². The van der Waals surface area contributed by atoms with Crippen molar-refractivity contribution in [1.29, 1.82) is 0 Å². The predicted molar refractivity (Wildman–Crippen MR) is 87.5 cm³/mol. The molecule has 0 radical (unpaired) electrons. The van der Waals surface area contributed by atoms with Crippen LogP contribution in [0.4, 0.5) is 0 Å². The van der Waals surface area contributed by atoms with Crippen LogP contribution in [0.3, 0.4) is 0 Å². The minimum absolute atomic E-state index is 0.0424. The van der Waals surface area contributed by atoms with Gasteiger partial charge in [-0.2, -0.15) is 0 Å². The summed E-state index contributed by atoms with van der Waals surface area (Å²) in [5.74, 6) is -0.433. The zero-order chi connectivity index (χ0) is 16.9. The third-order valence-corrected chi connectivity index (χ3v) is 5.49. The highest BCUT2D eigenvalue weighted by atomic mass is 32.2. The maximum Gasteiger partial charge on any atom is 0.227 e. The topological polar surface area (TPSA) is 108 Å². The Morgan fingerprint density at radius 1 is 1.30 bits per heavy atom.